The van der Waals surface area contributed by atoms with E-state index in [1.807, 2.05) is 12.1 Å². The van der Waals surface area contributed by atoms with Crippen LogP contribution in [0.4, 0.5) is 0 Å². The molecule has 0 saturated heterocycles. The standard InChI is InChI=1S/C19H27NO4/c1-2-19(11-4-3-5-12-19)18(23)20-13-10-15-6-8-16(9-7-15)24-14-17(21)22/h6-9H,2-5,10-14H2,1H3,(H,20,23)(H,21,22). The van der Waals surface area contributed by atoms with Crippen LogP contribution in [0.2, 0.25) is 0 Å². The number of carbonyl (C=O) groups excluding carboxylic acids is 1. The number of hydrogen-bond acceptors (Lipinski definition) is 3. The lowest BCUT2D eigenvalue weighted by Crippen LogP contribution is -2.42. The molecule has 132 valence electrons. The molecular weight excluding hydrogens is 306 g/mol. The Hall–Kier alpha value is -2.04. The number of nitrogens with one attached hydrogen (secondary N) is 1. The van der Waals surface area contributed by atoms with Gasteiger partial charge in [-0.1, -0.05) is 38.3 Å². The van der Waals surface area contributed by atoms with Gasteiger partial charge in [-0.25, -0.2) is 4.79 Å². The van der Waals surface area contributed by atoms with Gasteiger partial charge in [0.2, 0.25) is 5.91 Å². The SMILES string of the molecule is CCC1(C(=O)NCCc2ccc(OCC(=O)O)cc2)CCCCC1. The second-order valence-electron chi connectivity index (χ2n) is 6.53. The molecule has 5 heteroatoms. The van der Waals surface area contributed by atoms with Crippen LogP contribution in [0, 0.1) is 5.41 Å². The first-order valence-electron chi connectivity index (χ1n) is 8.77. The number of carbonyl (C=O) groups is 2. The summed E-state index contributed by atoms with van der Waals surface area (Å²) < 4.78 is 5.10. The molecule has 1 fully saturated rings. The first kappa shape index (κ1) is 18.3. The van der Waals surface area contributed by atoms with E-state index in [0.29, 0.717) is 12.3 Å². The summed E-state index contributed by atoms with van der Waals surface area (Å²) in [6.07, 6.45) is 7.22. The third kappa shape index (κ3) is 4.98. The van der Waals surface area contributed by atoms with Crippen molar-refractivity contribution in [3.63, 3.8) is 0 Å². The molecule has 2 N–H and O–H groups in total. The molecule has 0 aromatic heterocycles. The van der Waals surface area contributed by atoms with Gasteiger partial charge in [0.25, 0.3) is 0 Å². The Morgan fingerprint density at radius 1 is 1.17 bits per heavy atom. The van der Waals surface area contributed by atoms with Crippen LogP contribution in [0.5, 0.6) is 5.75 Å². The van der Waals surface area contributed by atoms with E-state index in [2.05, 4.69) is 12.2 Å². The van der Waals surface area contributed by atoms with Gasteiger partial charge in [0.1, 0.15) is 5.75 Å². The molecule has 0 unspecified atom stereocenters. The van der Waals surface area contributed by atoms with E-state index < -0.39 is 5.97 Å². The molecule has 1 aliphatic rings. The maximum Gasteiger partial charge on any atom is 0.341 e. The van der Waals surface area contributed by atoms with Gasteiger partial charge < -0.3 is 15.2 Å². The number of benzene rings is 1. The molecular formula is C19H27NO4. The summed E-state index contributed by atoms with van der Waals surface area (Å²) in [6.45, 7) is 2.39. The molecule has 1 saturated carbocycles. The fourth-order valence-electron chi connectivity index (χ4n) is 3.38. The predicted octanol–water partition coefficient (Wildman–Crippen LogP) is 3.17. The zero-order valence-corrected chi connectivity index (χ0v) is 14.3. The van der Waals surface area contributed by atoms with Crippen molar-refractivity contribution in [2.45, 2.75) is 51.9 Å². The highest BCUT2D eigenvalue weighted by Crippen LogP contribution is 2.39. The van der Waals surface area contributed by atoms with Crippen molar-refractivity contribution < 1.29 is 19.4 Å². The highest BCUT2D eigenvalue weighted by molar-refractivity contribution is 5.82. The Kier molecular flexibility index (Phi) is 6.64. The Morgan fingerprint density at radius 3 is 2.42 bits per heavy atom. The number of amides is 1. The summed E-state index contributed by atoms with van der Waals surface area (Å²) in [4.78, 5) is 23.0. The van der Waals surface area contributed by atoms with Crippen LogP contribution in [0.25, 0.3) is 0 Å². The van der Waals surface area contributed by atoms with E-state index in [-0.39, 0.29) is 17.9 Å². The molecule has 1 aromatic carbocycles. The van der Waals surface area contributed by atoms with E-state index in [0.717, 1.165) is 44.1 Å². The van der Waals surface area contributed by atoms with Crippen molar-refractivity contribution in [3.8, 4) is 5.75 Å². The summed E-state index contributed by atoms with van der Waals surface area (Å²) in [5.41, 5.74) is 0.930. The molecule has 0 spiro atoms. The second-order valence-corrected chi connectivity index (χ2v) is 6.53. The minimum atomic E-state index is -0.991. The van der Waals surface area contributed by atoms with Gasteiger partial charge >= 0.3 is 5.97 Å². The molecule has 1 amide bonds. The smallest absolute Gasteiger partial charge is 0.341 e. The second kappa shape index (κ2) is 8.71. The quantitative estimate of drug-likeness (QED) is 0.766. The topological polar surface area (TPSA) is 75.6 Å². The zero-order valence-electron chi connectivity index (χ0n) is 14.3. The van der Waals surface area contributed by atoms with Gasteiger partial charge in [0.15, 0.2) is 6.61 Å². The molecule has 0 heterocycles. The molecule has 1 aromatic rings. The number of aliphatic carboxylic acids is 1. The highest BCUT2D eigenvalue weighted by Gasteiger charge is 2.37. The lowest BCUT2D eigenvalue weighted by atomic mass is 9.71. The van der Waals surface area contributed by atoms with Crippen LogP contribution in [-0.2, 0) is 16.0 Å². The Labute approximate surface area is 143 Å². The summed E-state index contributed by atoms with van der Waals surface area (Å²) in [5.74, 6) is -0.252. The normalized spacial score (nSPS) is 16.4. The van der Waals surface area contributed by atoms with Crippen molar-refractivity contribution >= 4 is 11.9 Å². The lowest BCUT2D eigenvalue weighted by Gasteiger charge is -2.35. The first-order chi connectivity index (χ1) is 11.6. The minimum Gasteiger partial charge on any atom is -0.482 e. The maximum atomic E-state index is 12.6. The third-order valence-electron chi connectivity index (χ3n) is 4.95. The van der Waals surface area contributed by atoms with E-state index in [1.165, 1.54) is 6.42 Å². The highest BCUT2D eigenvalue weighted by atomic mass is 16.5. The minimum absolute atomic E-state index is 0.160. The van der Waals surface area contributed by atoms with Crippen LogP contribution in [-0.4, -0.2) is 30.1 Å². The van der Waals surface area contributed by atoms with Crippen molar-refractivity contribution in [1.29, 1.82) is 0 Å². The first-order valence-corrected chi connectivity index (χ1v) is 8.77. The van der Waals surface area contributed by atoms with Gasteiger partial charge in [0.05, 0.1) is 0 Å². The number of rotatable bonds is 8. The van der Waals surface area contributed by atoms with Crippen molar-refractivity contribution in [2.75, 3.05) is 13.2 Å². The van der Waals surface area contributed by atoms with Crippen LogP contribution in [0.3, 0.4) is 0 Å². The van der Waals surface area contributed by atoms with E-state index >= 15 is 0 Å². The summed E-state index contributed by atoms with van der Waals surface area (Å²) in [6, 6.07) is 7.32. The molecule has 0 atom stereocenters. The molecule has 0 aliphatic heterocycles. The molecule has 2 rings (SSSR count). The average molecular weight is 333 g/mol. The molecule has 0 bridgehead atoms. The molecule has 0 radical (unpaired) electrons. The number of ether oxygens (including phenoxy) is 1. The summed E-state index contributed by atoms with van der Waals surface area (Å²) in [5, 5.41) is 11.7. The molecule has 5 nitrogen and oxygen atoms in total. The zero-order chi connectivity index (χ0) is 17.4. The Bertz CT molecular complexity index is 547. The lowest BCUT2D eigenvalue weighted by molar-refractivity contribution is -0.139. The Morgan fingerprint density at radius 2 is 1.83 bits per heavy atom. The van der Waals surface area contributed by atoms with E-state index in [9.17, 15) is 9.59 Å². The number of carboxylic acid groups (broad SMARTS) is 1. The van der Waals surface area contributed by atoms with Crippen LogP contribution in [0.15, 0.2) is 24.3 Å². The third-order valence-corrected chi connectivity index (χ3v) is 4.95. The fourth-order valence-corrected chi connectivity index (χ4v) is 3.38. The van der Waals surface area contributed by atoms with Crippen LogP contribution >= 0.6 is 0 Å². The maximum absolute atomic E-state index is 12.6. The van der Waals surface area contributed by atoms with Gasteiger partial charge in [-0.15, -0.1) is 0 Å². The van der Waals surface area contributed by atoms with Crippen molar-refractivity contribution in [2.24, 2.45) is 5.41 Å². The van der Waals surface area contributed by atoms with Crippen LogP contribution in [0.1, 0.15) is 51.0 Å². The predicted molar refractivity (Wildman–Crippen MR) is 92.1 cm³/mol. The fraction of sp³-hybridized carbons (Fsp3) is 0.579. The van der Waals surface area contributed by atoms with E-state index in [4.69, 9.17) is 9.84 Å². The summed E-state index contributed by atoms with van der Waals surface area (Å²) >= 11 is 0. The molecule has 1 aliphatic carbocycles. The monoisotopic (exact) mass is 333 g/mol. The van der Waals surface area contributed by atoms with Crippen molar-refractivity contribution in [1.82, 2.24) is 5.32 Å². The molecule has 24 heavy (non-hydrogen) atoms. The van der Waals surface area contributed by atoms with Crippen molar-refractivity contribution in [3.05, 3.63) is 29.8 Å². The van der Waals surface area contributed by atoms with Crippen LogP contribution < -0.4 is 10.1 Å². The van der Waals surface area contributed by atoms with E-state index in [1.54, 1.807) is 12.1 Å². The van der Waals surface area contributed by atoms with Gasteiger partial charge in [-0.2, -0.15) is 0 Å². The largest absolute Gasteiger partial charge is 0.482 e. The van der Waals surface area contributed by atoms with Gasteiger partial charge in [0, 0.05) is 12.0 Å². The van der Waals surface area contributed by atoms with Gasteiger partial charge in [-0.05, 0) is 43.4 Å². The average Bonchev–Trinajstić information content (AvgIpc) is 2.61. The number of carboxylic acids is 1. The van der Waals surface area contributed by atoms with Gasteiger partial charge in [-0.3, -0.25) is 4.79 Å². The Balaban J connectivity index is 1.78. The number of hydrogen-bond donors (Lipinski definition) is 2. The summed E-state index contributed by atoms with van der Waals surface area (Å²) in [7, 11) is 0.